The van der Waals surface area contributed by atoms with Crippen LogP contribution in [0.5, 0.6) is 0 Å². The molecule has 2 heterocycles. The van der Waals surface area contributed by atoms with Gasteiger partial charge in [0.1, 0.15) is 6.04 Å². The zero-order valence-corrected chi connectivity index (χ0v) is 14.9. The topological polar surface area (TPSA) is 51.4 Å². The minimum Gasteiger partial charge on any atom is -0.381 e. The average Bonchev–Trinajstić information content (AvgIpc) is 3.36. The Morgan fingerprint density at radius 3 is 2.50 bits per heavy atom. The lowest BCUT2D eigenvalue weighted by Crippen LogP contribution is -2.31. The SMILES string of the molecule is CN(CC1CCOC1)C(c1ccccc1)c1nc(-c2ccccc2)no1. The fourth-order valence-corrected chi connectivity index (χ4v) is 3.51. The van der Waals surface area contributed by atoms with Gasteiger partial charge >= 0.3 is 0 Å². The van der Waals surface area contributed by atoms with Crippen molar-refractivity contribution in [2.24, 2.45) is 5.92 Å². The van der Waals surface area contributed by atoms with Crippen molar-refractivity contribution in [2.75, 3.05) is 26.8 Å². The predicted molar refractivity (Wildman–Crippen MR) is 99.6 cm³/mol. The van der Waals surface area contributed by atoms with Crippen LogP contribution in [0.15, 0.2) is 65.2 Å². The van der Waals surface area contributed by atoms with Gasteiger partial charge in [0.2, 0.25) is 11.7 Å². The van der Waals surface area contributed by atoms with E-state index in [-0.39, 0.29) is 6.04 Å². The molecular formula is C21H23N3O2. The van der Waals surface area contributed by atoms with Crippen molar-refractivity contribution >= 4 is 0 Å². The number of nitrogens with zero attached hydrogens (tertiary/aromatic N) is 3. The van der Waals surface area contributed by atoms with E-state index in [2.05, 4.69) is 29.2 Å². The zero-order valence-electron chi connectivity index (χ0n) is 14.9. The first-order chi connectivity index (χ1) is 12.8. The largest absolute Gasteiger partial charge is 0.381 e. The molecule has 26 heavy (non-hydrogen) atoms. The maximum Gasteiger partial charge on any atom is 0.248 e. The molecule has 0 radical (unpaired) electrons. The molecule has 2 atom stereocenters. The lowest BCUT2D eigenvalue weighted by atomic mass is 10.0. The molecule has 0 aliphatic carbocycles. The minimum absolute atomic E-state index is 0.0678. The lowest BCUT2D eigenvalue weighted by molar-refractivity contribution is 0.158. The zero-order chi connectivity index (χ0) is 17.8. The third-order valence-electron chi connectivity index (χ3n) is 4.83. The summed E-state index contributed by atoms with van der Waals surface area (Å²) in [5, 5.41) is 4.21. The Balaban J connectivity index is 1.63. The van der Waals surface area contributed by atoms with Gasteiger partial charge in [0.15, 0.2) is 0 Å². The molecule has 0 spiro atoms. The quantitative estimate of drug-likeness (QED) is 0.678. The van der Waals surface area contributed by atoms with Crippen molar-refractivity contribution in [2.45, 2.75) is 12.5 Å². The van der Waals surface area contributed by atoms with E-state index < -0.39 is 0 Å². The van der Waals surface area contributed by atoms with Crippen LogP contribution in [-0.4, -0.2) is 41.8 Å². The number of hydrogen-bond acceptors (Lipinski definition) is 5. The fourth-order valence-electron chi connectivity index (χ4n) is 3.51. The minimum atomic E-state index is -0.0678. The molecule has 0 amide bonds. The summed E-state index contributed by atoms with van der Waals surface area (Å²) in [7, 11) is 2.11. The Hall–Kier alpha value is -2.50. The van der Waals surface area contributed by atoms with Gasteiger partial charge in [0, 0.05) is 18.7 Å². The van der Waals surface area contributed by atoms with Gasteiger partial charge in [0.05, 0.1) is 6.61 Å². The Bertz CT molecular complexity index is 814. The second kappa shape index (κ2) is 7.81. The van der Waals surface area contributed by atoms with E-state index in [1.54, 1.807) is 0 Å². The normalized spacial score (nSPS) is 18.3. The van der Waals surface area contributed by atoms with E-state index in [1.165, 1.54) is 0 Å². The predicted octanol–water partition coefficient (Wildman–Crippen LogP) is 3.79. The summed E-state index contributed by atoms with van der Waals surface area (Å²) in [6.07, 6.45) is 1.10. The van der Waals surface area contributed by atoms with Crippen LogP contribution in [0.1, 0.15) is 23.9 Å². The Kier molecular flexibility index (Phi) is 5.09. The van der Waals surface area contributed by atoms with Crippen molar-refractivity contribution in [3.05, 3.63) is 72.1 Å². The van der Waals surface area contributed by atoms with Gasteiger partial charge in [-0.2, -0.15) is 4.98 Å². The van der Waals surface area contributed by atoms with Crippen molar-refractivity contribution in [1.29, 1.82) is 0 Å². The molecule has 1 aliphatic heterocycles. The van der Waals surface area contributed by atoms with Crippen LogP contribution < -0.4 is 0 Å². The van der Waals surface area contributed by atoms with Crippen LogP contribution in [0, 0.1) is 5.92 Å². The van der Waals surface area contributed by atoms with Gasteiger partial charge < -0.3 is 9.26 Å². The van der Waals surface area contributed by atoms with Crippen LogP contribution in [0.2, 0.25) is 0 Å². The van der Waals surface area contributed by atoms with Gasteiger partial charge in [-0.25, -0.2) is 0 Å². The number of rotatable bonds is 6. The molecule has 0 saturated carbocycles. The number of hydrogen-bond donors (Lipinski definition) is 0. The number of ether oxygens (including phenoxy) is 1. The van der Waals surface area contributed by atoms with E-state index in [9.17, 15) is 0 Å². The standard InChI is InChI=1S/C21H23N3O2/c1-24(14-16-12-13-25-15-16)19(17-8-4-2-5-9-17)21-22-20(23-26-21)18-10-6-3-7-11-18/h2-11,16,19H,12-15H2,1H3. The molecular weight excluding hydrogens is 326 g/mol. The second-order valence-corrected chi connectivity index (χ2v) is 6.80. The molecule has 1 aromatic heterocycles. The summed E-state index contributed by atoms with van der Waals surface area (Å²) in [6, 6.07) is 20.2. The Labute approximate surface area is 153 Å². The summed E-state index contributed by atoms with van der Waals surface area (Å²) >= 11 is 0. The molecule has 0 bridgehead atoms. The summed E-state index contributed by atoms with van der Waals surface area (Å²) in [4.78, 5) is 6.99. The molecule has 1 aliphatic rings. The molecule has 1 saturated heterocycles. The molecule has 0 N–H and O–H groups in total. The van der Waals surface area contributed by atoms with Crippen LogP contribution >= 0.6 is 0 Å². The van der Waals surface area contributed by atoms with Crippen LogP contribution in [0.3, 0.4) is 0 Å². The number of aromatic nitrogens is 2. The highest BCUT2D eigenvalue weighted by Gasteiger charge is 2.28. The third kappa shape index (κ3) is 3.69. The van der Waals surface area contributed by atoms with Crippen molar-refractivity contribution < 1.29 is 9.26 Å². The lowest BCUT2D eigenvalue weighted by Gasteiger charge is -2.27. The van der Waals surface area contributed by atoms with E-state index in [0.717, 1.165) is 37.3 Å². The smallest absolute Gasteiger partial charge is 0.248 e. The first-order valence-corrected chi connectivity index (χ1v) is 9.03. The van der Waals surface area contributed by atoms with Crippen LogP contribution in [0.25, 0.3) is 11.4 Å². The van der Waals surface area contributed by atoms with Crippen LogP contribution in [-0.2, 0) is 4.74 Å². The first kappa shape index (κ1) is 16.9. The summed E-state index contributed by atoms with van der Waals surface area (Å²) in [6.45, 7) is 2.61. The van der Waals surface area contributed by atoms with E-state index >= 15 is 0 Å². The van der Waals surface area contributed by atoms with Gasteiger partial charge in [-0.3, -0.25) is 4.90 Å². The molecule has 2 unspecified atom stereocenters. The van der Waals surface area contributed by atoms with Crippen molar-refractivity contribution in [1.82, 2.24) is 15.0 Å². The molecule has 4 rings (SSSR count). The molecule has 1 fully saturated rings. The second-order valence-electron chi connectivity index (χ2n) is 6.80. The Morgan fingerprint density at radius 1 is 1.08 bits per heavy atom. The van der Waals surface area contributed by atoms with Gasteiger partial charge in [0.25, 0.3) is 0 Å². The van der Waals surface area contributed by atoms with Crippen molar-refractivity contribution in [3.63, 3.8) is 0 Å². The average molecular weight is 349 g/mol. The first-order valence-electron chi connectivity index (χ1n) is 9.03. The molecule has 134 valence electrons. The molecule has 5 heteroatoms. The van der Waals surface area contributed by atoms with Gasteiger partial charge in [-0.1, -0.05) is 65.8 Å². The maximum atomic E-state index is 5.69. The molecule has 2 aromatic carbocycles. The molecule has 5 nitrogen and oxygen atoms in total. The highest BCUT2D eigenvalue weighted by molar-refractivity contribution is 5.53. The summed E-state index contributed by atoms with van der Waals surface area (Å²) in [5.74, 6) is 1.79. The third-order valence-corrected chi connectivity index (χ3v) is 4.83. The maximum absolute atomic E-state index is 5.69. The van der Waals surface area contributed by atoms with Crippen molar-refractivity contribution in [3.8, 4) is 11.4 Å². The Morgan fingerprint density at radius 2 is 1.81 bits per heavy atom. The highest BCUT2D eigenvalue weighted by atomic mass is 16.5. The van der Waals surface area contributed by atoms with E-state index in [4.69, 9.17) is 14.2 Å². The summed E-state index contributed by atoms with van der Waals surface area (Å²) < 4.78 is 11.2. The summed E-state index contributed by atoms with van der Waals surface area (Å²) in [5.41, 5.74) is 2.11. The fraction of sp³-hybridized carbons (Fsp3) is 0.333. The van der Waals surface area contributed by atoms with E-state index in [0.29, 0.717) is 17.6 Å². The van der Waals surface area contributed by atoms with Gasteiger partial charge in [-0.15, -0.1) is 0 Å². The van der Waals surface area contributed by atoms with Gasteiger partial charge in [-0.05, 0) is 24.9 Å². The van der Waals surface area contributed by atoms with E-state index in [1.807, 2.05) is 48.5 Å². The monoisotopic (exact) mass is 349 g/mol. The highest BCUT2D eigenvalue weighted by Crippen LogP contribution is 2.29. The van der Waals surface area contributed by atoms with Crippen LogP contribution in [0.4, 0.5) is 0 Å². The molecule has 3 aromatic rings. The number of benzene rings is 2.